The largest absolute Gasteiger partial charge is 0.495 e. The SMILES string of the molecule is COc1ccc(NC(=O)COC(=O)Cn2cnnn2)cc1S(=O)(=O)N1CCOCC1. The Morgan fingerprint density at radius 1 is 1.27 bits per heavy atom. The lowest BCUT2D eigenvalue weighted by atomic mass is 10.3. The van der Waals surface area contributed by atoms with E-state index in [1.54, 1.807) is 0 Å². The predicted molar refractivity (Wildman–Crippen MR) is 100.0 cm³/mol. The lowest BCUT2D eigenvalue weighted by Gasteiger charge is -2.26. The predicted octanol–water partition coefficient (Wildman–Crippen LogP) is -1.12. The Morgan fingerprint density at radius 2 is 2.03 bits per heavy atom. The van der Waals surface area contributed by atoms with E-state index in [2.05, 4.69) is 20.8 Å². The summed E-state index contributed by atoms with van der Waals surface area (Å²) in [5.74, 6) is -1.20. The third-order valence-electron chi connectivity index (χ3n) is 4.08. The van der Waals surface area contributed by atoms with E-state index in [0.29, 0.717) is 13.2 Å². The van der Waals surface area contributed by atoms with E-state index in [9.17, 15) is 18.0 Å². The molecule has 30 heavy (non-hydrogen) atoms. The van der Waals surface area contributed by atoms with Gasteiger partial charge in [0.05, 0.1) is 20.3 Å². The molecule has 0 atom stereocenters. The number of nitrogens with one attached hydrogen (secondary N) is 1. The van der Waals surface area contributed by atoms with Crippen LogP contribution < -0.4 is 10.1 Å². The van der Waals surface area contributed by atoms with Crippen LogP contribution in [0.5, 0.6) is 5.75 Å². The van der Waals surface area contributed by atoms with Gasteiger partial charge < -0.3 is 19.5 Å². The Bertz CT molecular complexity index is 990. The first kappa shape index (κ1) is 21.6. The van der Waals surface area contributed by atoms with Crippen molar-refractivity contribution in [3.63, 3.8) is 0 Å². The van der Waals surface area contributed by atoms with Crippen LogP contribution in [0, 0.1) is 0 Å². The van der Waals surface area contributed by atoms with Crippen LogP contribution in [0.25, 0.3) is 0 Å². The number of sulfonamides is 1. The second kappa shape index (κ2) is 9.60. The number of rotatable bonds is 8. The molecule has 0 unspecified atom stereocenters. The molecule has 0 aliphatic carbocycles. The molecule has 1 aromatic carbocycles. The molecule has 0 radical (unpaired) electrons. The van der Waals surface area contributed by atoms with E-state index >= 15 is 0 Å². The molecule has 14 heteroatoms. The number of hydrogen-bond acceptors (Lipinski definition) is 10. The van der Waals surface area contributed by atoms with Gasteiger partial charge in [0, 0.05) is 18.8 Å². The maximum Gasteiger partial charge on any atom is 0.328 e. The van der Waals surface area contributed by atoms with E-state index in [-0.39, 0.29) is 36.0 Å². The molecule has 0 bridgehead atoms. The smallest absolute Gasteiger partial charge is 0.328 e. The van der Waals surface area contributed by atoms with E-state index in [0.717, 1.165) is 4.68 Å². The van der Waals surface area contributed by atoms with Crippen molar-refractivity contribution < 1.29 is 32.2 Å². The van der Waals surface area contributed by atoms with Gasteiger partial charge in [0.15, 0.2) is 6.61 Å². The Labute approximate surface area is 171 Å². The summed E-state index contributed by atoms with van der Waals surface area (Å²) in [5, 5.41) is 12.8. The summed E-state index contributed by atoms with van der Waals surface area (Å²) < 4.78 is 43.6. The molecular formula is C16H20N6O7S. The van der Waals surface area contributed by atoms with Gasteiger partial charge in [-0.2, -0.15) is 4.31 Å². The summed E-state index contributed by atoms with van der Waals surface area (Å²) >= 11 is 0. The highest BCUT2D eigenvalue weighted by molar-refractivity contribution is 7.89. The number of carbonyl (C=O) groups excluding carboxylic acids is 2. The van der Waals surface area contributed by atoms with Crippen molar-refractivity contribution in [2.75, 3.05) is 45.3 Å². The minimum Gasteiger partial charge on any atom is -0.495 e. The highest BCUT2D eigenvalue weighted by atomic mass is 32.2. The molecule has 162 valence electrons. The maximum atomic E-state index is 13.0. The van der Waals surface area contributed by atoms with Crippen LogP contribution in [0.4, 0.5) is 5.69 Å². The van der Waals surface area contributed by atoms with Crippen molar-refractivity contribution >= 4 is 27.6 Å². The molecule has 2 aromatic rings. The first-order valence-electron chi connectivity index (χ1n) is 8.82. The highest BCUT2D eigenvalue weighted by Crippen LogP contribution is 2.30. The highest BCUT2D eigenvalue weighted by Gasteiger charge is 2.29. The van der Waals surface area contributed by atoms with Gasteiger partial charge in [-0.15, -0.1) is 5.10 Å². The monoisotopic (exact) mass is 440 g/mol. The van der Waals surface area contributed by atoms with Crippen LogP contribution in [-0.4, -0.2) is 84.8 Å². The lowest BCUT2D eigenvalue weighted by molar-refractivity contribution is -0.148. The number of hydrogen-bond donors (Lipinski definition) is 1. The van der Waals surface area contributed by atoms with Gasteiger partial charge in [0.2, 0.25) is 10.0 Å². The fourth-order valence-corrected chi connectivity index (χ4v) is 4.25. The van der Waals surface area contributed by atoms with Crippen molar-refractivity contribution in [2.24, 2.45) is 0 Å². The van der Waals surface area contributed by atoms with Gasteiger partial charge in [-0.25, -0.2) is 13.1 Å². The molecular weight excluding hydrogens is 420 g/mol. The molecule has 13 nitrogen and oxygen atoms in total. The fraction of sp³-hybridized carbons (Fsp3) is 0.438. The van der Waals surface area contributed by atoms with Crippen molar-refractivity contribution in [3.8, 4) is 5.75 Å². The van der Waals surface area contributed by atoms with Crippen molar-refractivity contribution in [1.29, 1.82) is 0 Å². The topological polar surface area (TPSA) is 155 Å². The lowest BCUT2D eigenvalue weighted by Crippen LogP contribution is -2.40. The number of anilines is 1. The van der Waals surface area contributed by atoms with Crippen LogP contribution in [-0.2, 0) is 35.6 Å². The number of carbonyl (C=O) groups is 2. The van der Waals surface area contributed by atoms with Gasteiger partial charge in [-0.3, -0.25) is 9.59 Å². The normalized spacial score (nSPS) is 14.8. The molecule has 1 amide bonds. The third kappa shape index (κ3) is 5.28. The molecule has 1 saturated heterocycles. The van der Waals surface area contributed by atoms with E-state index in [1.165, 1.54) is 35.9 Å². The number of aromatic nitrogens is 4. The summed E-state index contributed by atoms with van der Waals surface area (Å²) in [6.45, 7) is 0.240. The zero-order chi connectivity index (χ0) is 21.6. The number of tetrazole rings is 1. The first-order chi connectivity index (χ1) is 14.4. The van der Waals surface area contributed by atoms with E-state index < -0.39 is 28.5 Å². The second-order valence-corrected chi connectivity index (χ2v) is 8.00. The van der Waals surface area contributed by atoms with Gasteiger partial charge in [-0.1, -0.05) is 0 Å². The summed E-state index contributed by atoms with van der Waals surface area (Å²) in [6, 6.07) is 4.22. The Hall–Kier alpha value is -3.10. The van der Waals surface area contributed by atoms with E-state index in [4.69, 9.17) is 14.2 Å². The summed E-state index contributed by atoms with van der Waals surface area (Å²) in [5.41, 5.74) is 0.212. The molecule has 1 aromatic heterocycles. The quantitative estimate of drug-likeness (QED) is 0.499. The summed E-state index contributed by atoms with van der Waals surface area (Å²) in [4.78, 5) is 23.7. The second-order valence-electron chi connectivity index (χ2n) is 6.10. The maximum absolute atomic E-state index is 13.0. The van der Waals surface area contributed by atoms with Crippen LogP contribution >= 0.6 is 0 Å². The summed E-state index contributed by atoms with van der Waals surface area (Å²) in [7, 11) is -2.49. The van der Waals surface area contributed by atoms with Gasteiger partial charge >= 0.3 is 5.97 Å². The molecule has 1 aliphatic heterocycles. The molecule has 0 spiro atoms. The van der Waals surface area contributed by atoms with E-state index in [1.807, 2.05) is 0 Å². The minimum absolute atomic E-state index is 0.0830. The zero-order valence-electron chi connectivity index (χ0n) is 16.1. The van der Waals surface area contributed by atoms with Crippen molar-refractivity contribution in [1.82, 2.24) is 24.5 Å². The average Bonchev–Trinajstić information content (AvgIpc) is 3.26. The molecule has 1 N–H and O–H groups in total. The number of amides is 1. The Balaban J connectivity index is 1.65. The number of nitrogens with zero attached hydrogens (tertiary/aromatic N) is 5. The number of esters is 1. The Morgan fingerprint density at radius 3 is 2.70 bits per heavy atom. The van der Waals surface area contributed by atoms with Gasteiger partial charge in [-0.05, 0) is 28.6 Å². The number of methoxy groups -OCH3 is 1. The van der Waals surface area contributed by atoms with Crippen molar-refractivity contribution in [3.05, 3.63) is 24.5 Å². The molecule has 0 saturated carbocycles. The minimum atomic E-state index is -3.85. The number of morpholine rings is 1. The number of benzene rings is 1. The summed E-state index contributed by atoms with van der Waals surface area (Å²) in [6.07, 6.45) is 1.23. The zero-order valence-corrected chi connectivity index (χ0v) is 16.9. The van der Waals surface area contributed by atoms with Crippen LogP contribution in [0.3, 0.4) is 0 Å². The third-order valence-corrected chi connectivity index (χ3v) is 6.00. The fourth-order valence-electron chi connectivity index (χ4n) is 2.66. The number of ether oxygens (including phenoxy) is 3. The first-order valence-corrected chi connectivity index (χ1v) is 10.3. The van der Waals surface area contributed by atoms with Crippen LogP contribution in [0.15, 0.2) is 29.4 Å². The molecule has 3 rings (SSSR count). The molecule has 2 heterocycles. The van der Waals surface area contributed by atoms with Crippen LogP contribution in [0.2, 0.25) is 0 Å². The van der Waals surface area contributed by atoms with Gasteiger partial charge in [0.1, 0.15) is 23.5 Å². The molecule has 1 fully saturated rings. The van der Waals surface area contributed by atoms with Crippen molar-refractivity contribution in [2.45, 2.75) is 11.4 Å². The van der Waals surface area contributed by atoms with Gasteiger partial charge in [0.25, 0.3) is 5.91 Å². The Kier molecular flexibility index (Phi) is 6.91. The van der Waals surface area contributed by atoms with Crippen LogP contribution in [0.1, 0.15) is 0 Å². The average molecular weight is 440 g/mol. The molecule has 1 aliphatic rings. The standard InChI is InChI=1S/C16H20N6O7S/c1-27-13-3-2-12(8-14(13)30(25,26)22-4-6-28-7-5-22)18-15(23)10-29-16(24)9-21-11-17-19-20-21/h2-3,8,11H,4-7,9-10H2,1H3,(H,18,23).